The zero-order valence-corrected chi connectivity index (χ0v) is 12.7. The van der Waals surface area contributed by atoms with Crippen LogP contribution in [0.25, 0.3) is 0 Å². The summed E-state index contributed by atoms with van der Waals surface area (Å²) >= 11 is 1.82. The summed E-state index contributed by atoms with van der Waals surface area (Å²) in [5, 5.41) is 8.37. The van der Waals surface area contributed by atoms with Crippen LogP contribution in [0.2, 0.25) is 0 Å². The van der Waals surface area contributed by atoms with Crippen LogP contribution in [0.15, 0.2) is 0 Å². The summed E-state index contributed by atoms with van der Waals surface area (Å²) in [5.41, 5.74) is 1.19. The van der Waals surface area contributed by atoms with Crippen LogP contribution in [0.3, 0.4) is 0 Å². The maximum atomic E-state index is 4.51. The summed E-state index contributed by atoms with van der Waals surface area (Å²) in [6.07, 6.45) is 2.59. The molecule has 3 unspecified atom stereocenters. The number of hydrogen-bond donors (Lipinski definition) is 2. The van der Waals surface area contributed by atoms with E-state index in [0.29, 0.717) is 12.1 Å². The predicted molar refractivity (Wildman–Crippen MR) is 78.2 cm³/mol. The van der Waals surface area contributed by atoms with Crippen molar-refractivity contribution in [3.8, 4) is 0 Å². The Morgan fingerprint density at radius 2 is 2.28 bits per heavy atom. The molecule has 1 fully saturated rings. The lowest BCUT2D eigenvalue weighted by atomic mass is 9.93. The first-order valence-corrected chi connectivity index (χ1v) is 7.78. The molecular weight excluding hydrogens is 242 g/mol. The summed E-state index contributed by atoms with van der Waals surface area (Å²) in [6.45, 7) is 11.0. The third-order valence-electron chi connectivity index (χ3n) is 3.78. The second kappa shape index (κ2) is 6.13. The maximum Gasteiger partial charge on any atom is 0.0900 e. The Kier molecular flexibility index (Phi) is 4.76. The summed E-state index contributed by atoms with van der Waals surface area (Å²) in [4.78, 5) is 5.91. The smallest absolute Gasteiger partial charge is 0.0900 e. The number of rotatable bonds is 4. The minimum atomic E-state index is 0.432. The zero-order valence-electron chi connectivity index (χ0n) is 11.9. The van der Waals surface area contributed by atoms with E-state index < -0.39 is 0 Å². The van der Waals surface area contributed by atoms with Gasteiger partial charge in [-0.2, -0.15) is 0 Å². The van der Waals surface area contributed by atoms with Crippen LogP contribution >= 0.6 is 11.3 Å². The molecule has 0 aliphatic carbocycles. The Morgan fingerprint density at radius 1 is 1.50 bits per heavy atom. The lowest BCUT2D eigenvalue weighted by molar-refractivity contribution is 0.298. The van der Waals surface area contributed by atoms with Gasteiger partial charge in [-0.25, -0.2) is 4.98 Å². The highest BCUT2D eigenvalue weighted by molar-refractivity contribution is 7.11. The number of aromatic nitrogens is 1. The van der Waals surface area contributed by atoms with Gasteiger partial charge in [0.2, 0.25) is 0 Å². The quantitative estimate of drug-likeness (QED) is 0.881. The van der Waals surface area contributed by atoms with E-state index >= 15 is 0 Å². The van der Waals surface area contributed by atoms with Gasteiger partial charge in [0.25, 0.3) is 0 Å². The molecule has 0 radical (unpaired) electrons. The molecule has 1 aliphatic heterocycles. The number of hydrogen-bond acceptors (Lipinski definition) is 4. The van der Waals surface area contributed by atoms with E-state index in [1.165, 1.54) is 35.0 Å². The van der Waals surface area contributed by atoms with Crippen molar-refractivity contribution < 1.29 is 0 Å². The number of aryl methyl sites for hydroxylation is 2. The lowest BCUT2D eigenvalue weighted by Gasteiger charge is -2.29. The van der Waals surface area contributed by atoms with Gasteiger partial charge in [-0.3, -0.25) is 0 Å². The number of nitrogens with zero attached hydrogens (tertiary/aromatic N) is 1. The van der Waals surface area contributed by atoms with Crippen molar-refractivity contribution in [3.63, 3.8) is 0 Å². The van der Waals surface area contributed by atoms with Crippen molar-refractivity contribution in [1.29, 1.82) is 0 Å². The SMILES string of the molecule is Cc1nc(C)c(C(C)NCC2CCNC(C)C2)s1. The first-order chi connectivity index (χ1) is 8.56. The summed E-state index contributed by atoms with van der Waals surface area (Å²) in [7, 11) is 0. The second-order valence-corrected chi connectivity index (χ2v) is 6.79. The Hall–Kier alpha value is -0.450. The number of nitrogens with one attached hydrogen (secondary N) is 2. The molecule has 0 aromatic carbocycles. The highest BCUT2D eigenvalue weighted by Crippen LogP contribution is 2.25. The van der Waals surface area contributed by atoms with Crippen LogP contribution in [0.5, 0.6) is 0 Å². The molecule has 102 valence electrons. The minimum Gasteiger partial charge on any atom is -0.314 e. The third kappa shape index (κ3) is 3.53. The number of piperidine rings is 1. The van der Waals surface area contributed by atoms with Crippen molar-refractivity contribution in [1.82, 2.24) is 15.6 Å². The van der Waals surface area contributed by atoms with Crippen molar-refractivity contribution in [3.05, 3.63) is 15.6 Å². The third-order valence-corrected chi connectivity index (χ3v) is 5.03. The highest BCUT2D eigenvalue weighted by atomic mass is 32.1. The first-order valence-electron chi connectivity index (χ1n) is 6.97. The normalized spacial score (nSPS) is 26.2. The molecule has 1 saturated heterocycles. The van der Waals surface area contributed by atoms with E-state index in [0.717, 1.165) is 12.5 Å². The van der Waals surface area contributed by atoms with E-state index in [-0.39, 0.29) is 0 Å². The van der Waals surface area contributed by atoms with Crippen LogP contribution in [-0.2, 0) is 0 Å². The molecule has 0 spiro atoms. The Morgan fingerprint density at radius 3 is 2.89 bits per heavy atom. The molecule has 2 rings (SSSR count). The van der Waals surface area contributed by atoms with Gasteiger partial charge in [0.05, 0.1) is 10.7 Å². The van der Waals surface area contributed by atoms with E-state index in [1.54, 1.807) is 0 Å². The topological polar surface area (TPSA) is 37.0 Å². The molecule has 1 aromatic rings. The Labute approximate surface area is 114 Å². The van der Waals surface area contributed by atoms with Crippen LogP contribution in [0.4, 0.5) is 0 Å². The highest BCUT2D eigenvalue weighted by Gasteiger charge is 2.19. The maximum absolute atomic E-state index is 4.51. The van der Waals surface area contributed by atoms with Crippen molar-refractivity contribution >= 4 is 11.3 Å². The monoisotopic (exact) mass is 267 g/mol. The molecule has 3 nitrogen and oxygen atoms in total. The molecule has 1 aliphatic rings. The van der Waals surface area contributed by atoms with Crippen LogP contribution in [-0.4, -0.2) is 24.1 Å². The van der Waals surface area contributed by atoms with Gasteiger partial charge < -0.3 is 10.6 Å². The fourth-order valence-electron chi connectivity index (χ4n) is 2.81. The van der Waals surface area contributed by atoms with Crippen molar-refractivity contribution in [2.75, 3.05) is 13.1 Å². The summed E-state index contributed by atoms with van der Waals surface area (Å²) in [5.74, 6) is 0.818. The fraction of sp³-hybridized carbons (Fsp3) is 0.786. The lowest BCUT2D eigenvalue weighted by Crippen LogP contribution is -2.39. The molecule has 1 aromatic heterocycles. The molecule has 2 heterocycles. The van der Waals surface area contributed by atoms with E-state index in [2.05, 4.69) is 43.3 Å². The zero-order chi connectivity index (χ0) is 13.1. The van der Waals surface area contributed by atoms with Crippen LogP contribution in [0, 0.1) is 19.8 Å². The molecule has 0 bridgehead atoms. The average molecular weight is 267 g/mol. The molecule has 4 heteroatoms. The standard InChI is InChI=1S/C14H25N3S/c1-9-7-13(5-6-15-9)8-16-10(2)14-11(3)17-12(4)18-14/h9-10,13,15-16H,5-8H2,1-4H3. The van der Waals surface area contributed by atoms with Gasteiger partial charge >= 0.3 is 0 Å². The first kappa shape index (κ1) is 14.0. The summed E-state index contributed by atoms with van der Waals surface area (Å²) in [6, 6.07) is 1.11. The molecule has 18 heavy (non-hydrogen) atoms. The Bertz CT molecular complexity index is 388. The van der Waals surface area contributed by atoms with Gasteiger partial charge in [-0.05, 0) is 59.5 Å². The molecule has 0 amide bonds. The average Bonchev–Trinajstić information content (AvgIpc) is 2.66. The van der Waals surface area contributed by atoms with Gasteiger partial charge in [-0.15, -0.1) is 11.3 Å². The Balaban J connectivity index is 1.84. The molecule has 0 saturated carbocycles. The minimum absolute atomic E-state index is 0.432. The van der Waals surface area contributed by atoms with E-state index in [9.17, 15) is 0 Å². The molecule has 2 N–H and O–H groups in total. The van der Waals surface area contributed by atoms with Gasteiger partial charge in [0.1, 0.15) is 0 Å². The van der Waals surface area contributed by atoms with E-state index in [4.69, 9.17) is 0 Å². The predicted octanol–water partition coefficient (Wildman–Crippen LogP) is 2.80. The van der Waals surface area contributed by atoms with Crippen LogP contribution < -0.4 is 10.6 Å². The van der Waals surface area contributed by atoms with E-state index in [1.807, 2.05) is 11.3 Å². The number of thiazole rings is 1. The second-order valence-electron chi connectivity index (χ2n) is 5.56. The van der Waals surface area contributed by atoms with Gasteiger partial charge in [-0.1, -0.05) is 0 Å². The molecular formula is C14H25N3S. The van der Waals surface area contributed by atoms with Crippen molar-refractivity contribution in [2.24, 2.45) is 5.92 Å². The van der Waals surface area contributed by atoms with Gasteiger partial charge in [0, 0.05) is 17.0 Å². The largest absolute Gasteiger partial charge is 0.314 e. The fourth-order valence-corrected chi connectivity index (χ4v) is 3.76. The van der Waals surface area contributed by atoms with Gasteiger partial charge in [0.15, 0.2) is 0 Å². The van der Waals surface area contributed by atoms with Crippen LogP contribution in [0.1, 0.15) is 48.3 Å². The summed E-state index contributed by atoms with van der Waals surface area (Å²) < 4.78 is 0. The molecule has 3 atom stereocenters. The van der Waals surface area contributed by atoms with Crippen molar-refractivity contribution in [2.45, 2.75) is 52.6 Å².